The quantitative estimate of drug-likeness (QED) is 0.181. The van der Waals surface area contributed by atoms with Gasteiger partial charge in [-0.15, -0.1) is 0 Å². The molecule has 0 N–H and O–H groups in total. The molecule has 256 valence electrons. The summed E-state index contributed by atoms with van der Waals surface area (Å²) < 4.78 is 23.7. The van der Waals surface area contributed by atoms with Crippen molar-refractivity contribution in [1.82, 2.24) is 29.1 Å². The minimum Gasteiger partial charge on any atom is -0.491 e. The Morgan fingerprint density at radius 3 is 2.24 bits per heavy atom. The lowest BCUT2D eigenvalue weighted by Crippen LogP contribution is -2.46. The van der Waals surface area contributed by atoms with Gasteiger partial charge in [0.25, 0.3) is 0 Å². The zero-order valence-corrected chi connectivity index (χ0v) is 28.9. The summed E-state index contributed by atoms with van der Waals surface area (Å²) in [4.78, 5) is 21.6. The summed E-state index contributed by atoms with van der Waals surface area (Å²) >= 11 is 12.7. The monoisotopic (exact) mass is 704 g/mol. The van der Waals surface area contributed by atoms with Gasteiger partial charge < -0.3 is 24.0 Å². The van der Waals surface area contributed by atoms with Crippen LogP contribution in [0.5, 0.6) is 5.75 Å². The molecule has 4 heterocycles. The van der Waals surface area contributed by atoms with Crippen LogP contribution < -0.4 is 20.2 Å². The number of anilines is 2. The highest BCUT2D eigenvalue weighted by molar-refractivity contribution is 6.35. The highest BCUT2D eigenvalue weighted by Crippen LogP contribution is 2.40. The fraction of sp³-hybridized carbons (Fsp3) is 0.371. The Bertz CT molecular complexity index is 1920. The number of halogens is 2. The van der Waals surface area contributed by atoms with E-state index < -0.39 is 5.79 Å². The fourth-order valence-electron chi connectivity index (χ4n) is 6.43. The zero-order chi connectivity index (χ0) is 34.0. The topological polar surface area (TPSA) is 105 Å². The number of piperazine rings is 1. The molecule has 2 aliphatic rings. The second-order valence-corrected chi connectivity index (χ2v) is 13.0. The lowest BCUT2D eigenvalue weighted by Gasteiger charge is -2.37. The second kappa shape index (κ2) is 14.2. The average molecular weight is 706 g/mol. The molecule has 2 aliphatic heterocycles. The molecule has 2 fully saturated rings. The van der Waals surface area contributed by atoms with Crippen molar-refractivity contribution in [1.29, 1.82) is 0 Å². The molecule has 0 radical (unpaired) electrons. The van der Waals surface area contributed by atoms with E-state index >= 15 is 0 Å². The number of nitrogens with zero attached hydrogens (tertiary/aromatic N) is 8. The third-order valence-corrected chi connectivity index (χ3v) is 9.41. The molecule has 2 saturated heterocycles. The summed E-state index contributed by atoms with van der Waals surface area (Å²) in [6, 6.07) is 21.6. The summed E-state index contributed by atoms with van der Waals surface area (Å²) in [6.45, 7) is 8.96. The molecule has 14 heteroatoms. The van der Waals surface area contributed by atoms with Gasteiger partial charge in [-0.25, -0.2) is 23.7 Å². The van der Waals surface area contributed by atoms with Crippen LogP contribution in [0.3, 0.4) is 0 Å². The maximum atomic E-state index is 12.8. The number of aryl methyl sites for hydroxylation is 2. The van der Waals surface area contributed by atoms with Gasteiger partial charge in [0, 0.05) is 54.7 Å². The molecule has 0 unspecified atom stereocenters. The minimum absolute atomic E-state index is 0.0982. The van der Waals surface area contributed by atoms with E-state index in [0.717, 1.165) is 55.4 Å². The highest BCUT2D eigenvalue weighted by atomic mass is 35.5. The summed E-state index contributed by atoms with van der Waals surface area (Å²) in [5, 5.41) is 9.62. The third-order valence-electron chi connectivity index (χ3n) is 8.86. The fourth-order valence-corrected chi connectivity index (χ4v) is 6.98. The van der Waals surface area contributed by atoms with Crippen molar-refractivity contribution >= 4 is 34.6 Å². The van der Waals surface area contributed by atoms with Crippen molar-refractivity contribution in [2.45, 2.75) is 45.2 Å². The first-order valence-electron chi connectivity index (χ1n) is 16.4. The van der Waals surface area contributed by atoms with Crippen molar-refractivity contribution in [3.05, 3.63) is 111 Å². The Morgan fingerprint density at radius 2 is 1.61 bits per heavy atom. The predicted molar refractivity (Wildman–Crippen MR) is 188 cm³/mol. The van der Waals surface area contributed by atoms with Crippen LogP contribution in [0.25, 0.3) is 5.69 Å². The Hall–Kier alpha value is -4.36. The van der Waals surface area contributed by atoms with Crippen LogP contribution in [0.2, 0.25) is 10.0 Å². The van der Waals surface area contributed by atoms with Crippen molar-refractivity contribution < 1.29 is 14.2 Å². The van der Waals surface area contributed by atoms with Crippen LogP contribution in [0.15, 0.2) is 84.2 Å². The molecule has 0 saturated carbocycles. The standard InChI is InChI=1S/C35H38Cl2N8O4/c1-3-14-44-34(46)45(25(2)40-44)29-7-5-27(6-8-29)41-15-17-42(18-16-41)28-9-11-30(12-10-28)47-20-31-21-48-35(49-31,22-43-24-38-23-39-43)32-13-4-26(36)19-33(32)37/h4-13,19,23-24,31H,3,14-18,20-22H2,1-2H3/t31-,35-/m1/s1. The molecule has 49 heavy (non-hydrogen) atoms. The number of benzene rings is 3. The number of aromatic nitrogens is 6. The Balaban J connectivity index is 0.930. The van der Waals surface area contributed by atoms with Gasteiger partial charge in [-0.1, -0.05) is 36.2 Å². The van der Waals surface area contributed by atoms with Crippen LogP contribution in [0.4, 0.5) is 11.4 Å². The van der Waals surface area contributed by atoms with Crippen LogP contribution in [0.1, 0.15) is 24.7 Å². The Labute approximate surface area is 294 Å². The number of rotatable bonds is 11. The Kier molecular flexibility index (Phi) is 9.64. The summed E-state index contributed by atoms with van der Waals surface area (Å²) in [5.41, 5.74) is 3.68. The highest BCUT2D eigenvalue weighted by Gasteiger charge is 2.45. The molecule has 3 aromatic carbocycles. The molecular weight excluding hydrogens is 667 g/mol. The van der Waals surface area contributed by atoms with Gasteiger partial charge >= 0.3 is 5.69 Å². The van der Waals surface area contributed by atoms with Crippen LogP contribution in [-0.4, -0.2) is 74.6 Å². The minimum atomic E-state index is -1.16. The van der Waals surface area contributed by atoms with E-state index in [0.29, 0.717) is 41.2 Å². The molecule has 0 bridgehead atoms. The third kappa shape index (κ3) is 7.04. The SMILES string of the molecule is CCCn1nc(C)n(-c2ccc(N3CCN(c4ccc(OC[C@@H]5CO[C@@](Cn6cncn6)(c6ccc(Cl)cc6Cl)O5)cc4)CC3)cc2)c1=O. The first-order chi connectivity index (χ1) is 23.8. The lowest BCUT2D eigenvalue weighted by molar-refractivity contribution is -0.190. The van der Waals surface area contributed by atoms with Gasteiger partial charge in [0.2, 0.25) is 5.79 Å². The maximum Gasteiger partial charge on any atom is 0.350 e. The van der Waals surface area contributed by atoms with Crippen molar-refractivity contribution in [2.24, 2.45) is 0 Å². The smallest absolute Gasteiger partial charge is 0.350 e. The van der Waals surface area contributed by atoms with Crippen molar-refractivity contribution in [2.75, 3.05) is 49.2 Å². The first-order valence-corrected chi connectivity index (χ1v) is 17.2. The van der Waals surface area contributed by atoms with E-state index in [1.165, 1.54) is 11.0 Å². The molecule has 2 atom stereocenters. The maximum absolute atomic E-state index is 12.8. The summed E-state index contributed by atoms with van der Waals surface area (Å²) in [6.07, 6.45) is 3.60. The number of ether oxygens (including phenoxy) is 3. The van der Waals surface area contributed by atoms with Gasteiger partial charge in [0.15, 0.2) is 0 Å². The van der Waals surface area contributed by atoms with Gasteiger partial charge in [0.05, 0.1) is 17.3 Å². The van der Waals surface area contributed by atoms with Gasteiger partial charge in [0.1, 0.15) is 43.5 Å². The molecule has 0 aliphatic carbocycles. The van der Waals surface area contributed by atoms with E-state index in [1.54, 1.807) is 27.7 Å². The van der Waals surface area contributed by atoms with E-state index in [1.807, 2.05) is 44.2 Å². The molecule has 0 amide bonds. The Morgan fingerprint density at radius 1 is 0.939 bits per heavy atom. The zero-order valence-electron chi connectivity index (χ0n) is 27.4. The van der Waals surface area contributed by atoms with Gasteiger partial charge in [-0.2, -0.15) is 10.2 Å². The lowest BCUT2D eigenvalue weighted by atomic mass is 10.1. The van der Waals surface area contributed by atoms with Crippen LogP contribution in [-0.2, 0) is 28.4 Å². The molecular formula is C35H38Cl2N8O4. The molecule has 12 nitrogen and oxygen atoms in total. The normalized spacial score (nSPS) is 19.5. The molecule has 5 aromatic rings. The van der Waals surface area contributed by atoms with Crippen LogP contribution in [0, 0.1) is 6.92 Å². The van der Waals surface area contributed by atoms with E-state index in [4.69, 9.17) is 37.4 Å². The predicted octanol–water partition coefficient (Wildman–Crippen LogP) is 5.32. The van der Waals surface area contributed by atoms with E-state index in [-0.39, 0.29) is 18.3 Å². The number of hydrogen-bond donors (Lipinski definition) is 0. The molecule has 0 spiro atoms. The first kappa shape index (κ1) is 33.2. The second-order valence-electron chi connectivity index (χ2n) is 12.2. The van der Waals surface area contributed by atoms with E-state index in [9.17, 15) is 4.79 Å². The molecule has 2 aromatic heterocycles. The van der Waals surface area contributed by atoms with Crippen molar-refractivity contribution in [3.63, 3.8) is 0 Å². The van der Waals surface area contributed by atoms with Gasteiger partial charge in [-0.3, -0.25) is 0 Å². The molecule has 7 rings (SSSR count). The summed E-state index contributed by atoms with van der Waals surface area (Å²) in [7, 11) is 0. The number of hydrogen-bond acceptors (Lipinski definition) is 9. The van der Waals surface area contributed by atoms with Crippen molar-refractivity contribution in [3.8, 4) is 11.4 Å². The van der Waals surface area contributed by atoms with Crippen LogP contribution >= 0.6 is 23.2 Å². The summed E-state index contributed by atoms with van der Waals surface area (Å²) in [5.74, 6) is 0.283. The largest absolute Gasteiger partial charge is 0.491 e. The average Bonchev–Trinajstić information content (AvgIpc) is 3.84. The van der Waals surface area contributed by atoms with E-state index in [2.05, 4.69) is 49.2 Å². The van der Waals surface area contributed by atoms with Gasteiger partial charge in [-0.05, 0) is 74.0 Å².